The molecule has 1 N–H and O–H groups in total. The molecule has 1 aliphatic carbocycles. The lowest BCUT2D eigenvalue weighted by Gasteiger charge is -2.57. The number of carbonyl (C=O) groups excluding carboxylic acids is 1. The number of hydrogen-bond acceptors (Lipinski definition) is 4. The minimum absolute atomic E-state index is 0.0679. The Labute approximate surface area is 167 Å². The van der Waals surface area contributed by atoms with E-state index in [2.05, 4.69) is 26.4 Å². The van der Waals surface area contributed by atoms with Crippen LogP contribution in [0.1, 0.15) is 30.9 Å². The third-order valence-corrected chi connectivity index (χ3v) is 6.95. The van der Waals surface area contributed by atoms with E-state index in [1.54, 1.807) is 0 Å². The van der Waals surface area contributed by atoms with Crippen molar-refractivity contribution in [3.05, 3.63) is 42.4 Å². The van der Waals surface area contributed by atoms with Gasteiger partial charge >= 0.3 is 6.09 Å². The van der Waals surface area contributed by atoms with E-state index in [4.69, 9.17) is 0 Å². The van der Waals surface area contributed by atoms with Crippen molar-refractivity contribution in [1.29, 1.82) is 0 Å². The third kappa shape index (κ3) is 2.84. The Morgan fingerprint density at radius 3 is 2.79 bits per heavy atom. The average Bonchev–Trinajstić information content (AvgIpc) is 3.32. The van der Waals surface area contributed by atoms with Gasteiger partial charge in [-0.25, -0.2) is 18.6 Å². The number of rotatable bonds is 3. The molecule has 8 heteroatoms. The minimum atomic E-state index is -2.66. The van der Waals surface area contributed by atoms with Crippen LogP contribution in [0.15, 0.2) is 36.8 Å². The molecule has 0 radical (unpaired) electrons. The van der Waals surface area contributed by atoms with Crippen LogP contribution in [0.4, 0.5) is 13.6 Å². The number of halogens is 2. The Kier molecular flexibility index (Phi) is 4.34. The van der Waals surface area contributed by atoms with Crippen LogP contribution in [-0.4, -0.2) is 57.9 Å². The first-order valence-electron chi connectivity index (χ1n) is 9.99. The number of carbonyl (C=O) groups is 1. The summed E-state index contributed by atoms with van der Waals surface area (Å²) >= 11 is 0. The molecule has 3 heterocycles. The number of likely N-dealkylation sites (tertiary alicyclic amines) is 1. The van der Waals surface area contributed by atoms with Gasteiger partial charge in [0.05, 0.1) is 30.4 Å². The van der Waals surface area contributed by atoms with Gasteiger partial charge < -0.3 is 19.3 Å². The van der Waals surface area contributed by atoms with Crippen LogP contribution < -0.4 is 0 Å². The van der Waals surface area contributed by atoms with Gasteiger partial charge in [-0.15, -0.1) is 0 Å². The third-order valence-electron chi connectivity index (χ3n) is 6.95. The van der Waals surface area contributed by atoms with Crippen molar-refractivity contribution < 1.29 is 23.4 Å². The lowest BCUT2D eigenvalue weighted by molar-refractivity contribution is -0.156. The highest BCUT2D eigenvalue weighted by atomic mass is 19.3. The monoisotopic (exact) mass is 403 g/mol. The molecule has 154 valence electrons. The Morgan fingerprint density at radius 2 is 2.07 bits per heavy atom. The predicted molar refractivity (Wildman–Crippen MR) is 101 cm³/mol. The number of amides is 1. The molecule has 6 nitrogen and oxygen atoms in total. The van der Waals surface area contributed by atoms with Crippen LogP contribution in [0.2, 0.25) is 0 Å². The number of benzene rings is 1. The van der Waals surface area contributed by atoms with E-state index in [-0.39, 0.29) is 17.4 Å². The molecule has 1 amide bonds. The smallest absolute Gasteiger partial charge is 0.409 e. The van der Waals surface area contributed by atoms with Gasteiger partial charge in [-0.3, -0.25) is 0 Å². The van der Waals surface area contributed by atoms with Crippen molar-refractivity contribution in [2.75, 3.05) is 19.7 Å². The average molecular weight is 403 g/mol. The van der Waals surface area contributed by atoms with Gasteiger partial charge in [0.25, 0.3) is 6.43 Å². The number of aliphatic hydroxyl groups is 1. The highest BCUT2D eigenvalue weighted by Crippen LogP contribution is 2.59. The maximum Gasteiger partial charge on any atom is 0.409 e. The van der Waals surface area contributed by atoms with Crippen molar-refractivity contribution in [3.63, 3.8) is 0 Å². The summed E-state index contributed by atoms with van der Waals surface area (Å²) in [4.78, 5) is 17.7. The minimum Gasteiger partial charge on any atom is -0.443 e. The molecule has 29 heavy (non-hydrogen) atoms. The molecule has 1 saturated heterocycles. The molecule has 1 spiro atoms. The molecule has 3 aliphatic rings. The number of hydrogen-bond donors (Lipinski definition) is 1. The van der Waals surface area contributed by atoms with Gasteiger partial charge in [-0.05, 0) is 24.8 Å². The summed E-state index contributed by atoms with van der Waals surface area (Å²) in [5.41, 5.74) is 3.24. The van der Waals surface area contributed by atoms with E-state index in [0.717, 1.165) is 12.1 Å². The Hall–Kier alpha value is -2.48. The summed E-state index contributed by atoms with van der Waals surface area (Å²) in [5, 5.41) is 11.2. The standard InChI is InChI=1S/C21H23F2N3O3/c22-17(23)11-29-20(28)25-7-5-21(6-8-25)9-15(19(21)27)18-14-4-2-1-3-13(14)16-10-24-12-26(16)18/h1-4,10,12,15,17-19,27H,5-9,11H2. The first-order valence-corrected chi connectivity index (χ1v) is 9.99. The lowest BCUT2D eigenvalue weighted by Crippen LogP contribution is -2.60. The molecule has 0 bridgehead atoms. The molecule has 1 aromatic heterocycles. The quantitative estimate of drug-likeness (QED) is 0.854. The molecule has 5 rings (SSSR count). The van der Waals surface area contributed by atoms with Crippen LogP contribution in [0, 0.1) is 11.3 Å². The van der Waals surface area contributed by atoms with Gasteiger partial charge in [0, 0.05) is 30.0 Å². The maximum atomic E-state index is 12.2. The van der Waals surface area contributed by atoms with E-state index in [0.29, 0.717) is 25.9 Å². The van der Waals surface area contributed by atoms with Crippen LogP contribution >= 0.6 is 0 Å². The summed E-state index contributed by atoms with van der Waals surface area (Å²) in [6, 6.07) is 8.31. The van der Waals surface area contributed by atoms with Crippen LogP contribution in [0.3, 0.4) is 0 Å². The molecule has 2 fully saturated rings. The highest BCUT2D eigenvalue weighted by Gasteiger charge is 2.58. The zero-order valence-corrected chi connectivity index (χ0v) is 15.9. The number of piperidine rings is 1. The zero-order chi connectivity index (χ0) is 20.2. The number of nitrogens with zero attached hydrogens (tertiary/aromatic N) is 3. The second-order valence-corrected chi connectivity index (χ2v) is 8.35. The predicted octanol–water partition coefficient (Wildman–Crippen LogP) is 3.32. The summed E-state index contributed by atoms with van der Waals surface area (Å²) in [6.45, 7) is -0.0354. The summed E-state index contributed by atoms with van der Waals surface area (Å²) in [5.74, 6) is 0.0870. The van der Waals surface area contributed by atoms with E-state index >= 15 is 0 Å². The van der Waals surface area contributed by atoms with Crippen molar-refractivity contribution in [1.82, 2.24) is 14.5 Å². The van der Waals surface area contributed by atoms with Gasteiger partial charge in [-0.2, -0.15) is 0 Å². The molecule has 3 unspecified atom stereocenters. The molecular weight excluding hydrogens is 380 g/mol. The van der Waals surface area contributed by atoms with Crippen molar-refractivity contribution in [3.8, 4) is 11.3 Å². The topological polar surface area (TPSA) is 67.6 Å². The summed E-state index contributed by atoms with van der Waals surface area (Å²) < 4.78 is 31.3. The SMILES string of the molecule is O=C(OCC(F)F)N1CCC2(CC1)CC(C1c3ccccc3-c3cncn31)C2O. The van der Waals surface area contributed by atoms with Crippen molar-refractivity contribution >= 4 is 6.09 Å². The van der Waals surface area contributed by atoms with Gasteiger partial charge in [0.2, 0.25) is 0 Å². The second-order valence-electron chi connectivity index (χ2n) is 8.35. The maximum absolute atomic E-state index is 12.2. The Bertz CT molecular complexity index is 923. The fourth-order valence-electron chi connectivity index (χ4n) is 5.45. The van der Waals surface area contributed by atoms with Gasteiger partial charge in [-0.1, -0.05) is 24.3 Å². The molecule has 1 aromatic carbocycles. The first-order chi connectivity index (χ1) is 14.0. The van der Waals surface area contributed by atoms with E-state index in [9.17, 15) is 18.7 Å². The number of imidazole rings is 1. The van der Waals surface area contributed by atoms with E-state index in [1.807, 2.05) is 24.7 Å². The van der Waals surface area contributed by atoms with Gasteiger partial charge in [0.15, 0.2) is 6.61 Å². The fraction of sp³-hybridized carbons (Fsp3) is 0.524. The van der Waals surface area contributed by atoms with E-state index in [1.165, 1.54) is 16.0 Å². The van der Waals surface area contributed by atoms with Crippen LogP contribution in [0.25, 0.3) is 11.3 Å². The van der Waals surface area contributed by atoms with Gasteiger partial charge in [0.1, 0.15) is 0 Å². The molecule has 1 saturated carbocycles. The summed E-state index contributed by atoms with van der Waals surface area (Å²) in [6.07, 6.45) is 2.03. The molecule has 3 atom stereocenters. The largest absolute Gasteiger partial charge is 0.443 e. The number of fused-ring (bicyclic) bond motifs is 3. The molecule has 2 aromatic rings. The fourth-order valence-corrected chi connectivity index (χ4v) is 5.45. The Balaban J connectivity index is 1.27. The number of aromatic nitrogens is 2. The molecular formula is C21H23F2N3O3. The second kappa shape index (κ2) is 6.79. The van der Waals surface area contributed by atoms with Crippen molar-refractivity contribution in [2.45, 2.75) is 37.8 Å². The Morgan fingerprint density at radius 1 is 1.31 bits per heavy atom. The number of ether oxygens (including phenoxy) is 1. The number of alkyl halides is 2. The number of aliphatic hydroxyl groups excluding tert-OH is 1. The lowest BCUT2D eigenvalue weighted by atomic mass is 9.53. The first kappa shape index (κ1) is 18.5. The normalized spacial score (nSPS) is 26.9. The van der Waals surface area contributed by atoms with Crippen LogP contribution in [-0.2, 0) is 4.74 Å². The van der Waals surface area contributed by atoms with E-state index < -0.39 is 25.2 Å². The summed E-state index contributed by atoms with van der Waals surface area (Å²) in [7, 11) is 0. The zero-order valence-electron chi connectivity index (χ0n) is 15.9. The van der Waals surface area contributed by atoms with Crippen molar-refractivity contribution in [2.24, 2.45) is 11.3 Å². The van der Waals surface area contributed by atoms with Crippen LogP contribution in [0.5, 0.6) is 0 Å². The molecule has 2 aliphatic heterocycles. The highest BCUT2D eigenvalue weighted by molar-refractivity contribution is 5.69.